The zero-order valence-electron chi connectivity index (χ0n) is 19.4. The Morgan fingerprint density at radius 2 is 1.75 bits per heavy atom. The van der Waals surface area contributed by atoms with E-state index in [2.05, 4.69) is 0 Å². The number of methoxy groups -OCH3 is 1. The van der Waals surface area contributed by atoms with Gasteiger partial charge in [-0.3, -0.25) is 4.79 Å². The first-order valence-corrected chi connectivity index (χ1v) is 11.2. The highest BCUT2D eigenvalue weighted by molar-refractivity contribution is 5.69. The van der Waals surface area contributed by atoms with Crippen LogP contribution in [0.5, 0.6) is 11.5 Å². The summed E-state index contributed by atoms with van der Waals surface area (Å²) in [6.07, 6.45) is -13.2. The number of carbonyl (C=O) groups is 1. The second-order valence-corrected chi connectivity index (χ2v) is 8.57. The van der Waals surface area contributed by atoms with Crippen molar-refractivity contribution < 1.29 is 69.3 Å². The monoisotopic (exact) mass is 520 g/mol. The Morgan fingerprint density at radius 3 is 2.36 bits per heavy atom. The van der Waals surface area contributed by atoms with Crippen LogP contribution in [0.25, 0.3) is 0 Å². The standard InChI is InChI=1S/C22H32O14/c1-32-12-6-10(2-4-11(12)25)3-5-15(26)33-8-14-16(27)18(29)19(30)21(34-14)36-22(9-24)20(31)17(28)13(7-23)35-22/h2,4,6,13-14,16-21,23-25,27-31H,3,5,7-9H2,1H3/t13-,14-,16+,17-,18+,19-,20+,21-,22+/m1/s1. The summed E-state index contributed by atoms with van der Waals surface area (Å²) in [5.74, 6) is -2.80. The van der Waals surface area contributed by atoms with Gasteiger partial charge in [0.15, 0.2) is 17.8 Å². The Morgan fingerprint density at radius 1 is 1.03 bits per heavy atom. The highest BCUT2D eigenvalue weighted by atomic mass is 16.8. The molecule has 0 aliphatic carbocycles. The van der Waals surface area contributed by atoms with Crippen molar-refractivity contribution in [1.82, 2.24) is 0 Å². The molecular weight excluding hydrogens is 488 g/mol. The van der Waals surface area contributed by atoms with E-state index in [9.17, 15) is 45.6 Å². The maximum Gasteiger partial charge on any atom is 0.306 e. The van der Waals surface area contributed by atoms with Gasteiger partial charge in [-0.15, -0.1) is 0 Å². The number of esters is 1. The fourth-order valence-electron chi connectivity index (χ4n) is 3.99. The molecule has 204 valence electrons. The number of rotatable bonds is 10. The van der Waals surface area contributed by atoms with Crippen LogP contribution < -0.4 is 4.74 Å². The Labute approximate surface area is 205 Å². The maximum absolute atomic E-state index is 12.2. The minimum Gasteiger partial charge on any atom is -0.504 e. The van der Waals surface area contributed by atoms with Crippen LogP contribution in [0.4, 0.5) is 0 Å². The number of hydrogen-bond donors (Lipinski definition) is 8. The van der Waals surface area contributed by atoms with Crippen LogP contribution >= 0.6 is 0 Å². The van der Waals surface area contributed by atoms with Crippen molar-refractivity contribution >= 4 is 5.97 Å². The molecule has 2 aliphatic rings. The van der Waals surface area contributed by atoms with Crippen molar-refractivity contribution in [3.8, 4) is 11.5 Å². The molecule has 0 amide bonds. The molecule has 1 aromatic rings. The van der Waals surface area contributed by atoms with Crippen LogP contribution in [0.2, 0.25) is 0 Å². The normalized spacial score (nSPS) is 36.6. The Hall–Kier alpha value is -2.11. The number of aryl methyl sites for hydroxylation is 1. The van der Waals surface area contributed by atoms with E-state index in [1.54, 1.807) is 12.1 Å². The van der Waals surface area contributed by atoms with Crippen molar-refractivity contribution in [1.29, 1.82) is 0 Å². The summed E-state index contributed by atoms with van der Waals surface area (Å²) in [4.78, 5) is 12.2. The van der Waals surface area contributed by atoms with Crippen molar-refractivity contribution in [2.24, 2.45) is 0 Å². The van der Waals surface area contributed by atoms with E-state index in [1.165, 1.54) is 13.2 Å². The third-order valence-electron chi connectivity index (χ3n) is 6.16. The van der Waals surface area contributed by atoms with Gasteiger partial charge < -0.3 is 64.5 Å². The predicted octanol–water partition coefficient (Wildman–Crippen LogP) is -3.50. The first kappa shape index (κ1) is 28.5. The SMILES string of the molecule is COc1cc(CCC(=O)OC[C@H]2O[C@H](O[C@]3(CO)O[C@H](CO)[C@@H](O)[C@@H]3O)[C@H](O)[C@@H](O)[C@H]2O)ccc1O. The molecule has 0 spiro atoms. The Kier molecular flexibility index (Phi) is 9.45. The van der Waals surface area contributed by atoms with Crippen molar-refractivity contribution in [3.63, 3.8) is 0 Å². The molecular formula is C22H32O14. The lowest BCUT2D eigenvalue weighted by molar-refractivity contribution is -0.383. The predicted molar refractivity (Wildman–Crippen MR) is 115 cm³/mol. The van der Waals surface area contributed by atoms with E-state index >= 15 is 0 Å². The molecule has 1 aromatic carbocycles. The topological polar surface area (TPSA) is 225 Å². The lowest BCUT2D eigenvalue weighted by Crippen LogP contribution is -2.62. The van der Waals surface area contributed by atoms with Gasteiger partial charge in [-0.05, 0) is 24.1 Å². The van der Waals surface area contributed by atoms with E-state index in [1.807, 2.05) is 0 Å². The number of ether oxygens (including phenoxy) is 5. The summed E-state index contributed by atoms with van der Waals surface area (Å²) in [7, 11) is 1.39. The van der Waals surface area contributed by atoms with Gasteiger partial charge in [-0.2, -0.15) is 0 Å². The molecule has 3 rings (SSSR count). The van der Waals surface area contributed by atoms with Crippen LogP contribution in [-0.4, -0.2) is 129 Å². The minimum atomic E-state index is -2.31. The van der Waals surface area contributed by atoms with E-state index in [4.69, 9.17) is 23.7 Å². The van der Waals surface area contributed by atoms with Gasteiger partial charge in [0.05, 0.1) is 13.7 Å². The third kappa shape index (κ3) is 5.89. The summed E-state index contributed by atoms with van der Waals surface area (Å²) in [5, 5.41) is 79.7. The van der Waals surface area contributed by atoms with Crippen LogP contribution in [-0.2, 0) is 30.2 Å². The lowest BCUT2D eigenvalue weighted by Gasteiger charge is -2.43. The second-order valence-electron chi connectivity index (χ2n) is 8.57. The van der Waals surface area contributed by atoms with E-state index < -0.39 is 80.6 Å². The van der Waals surface area contributed by atoms with Crippen molar-refractivity contribution in [2.45, 2.75) is 67.6 Å². The molecule has 0 radical (unpaired) electrons. The van der Waals surface area contributed by atoms with Crippen molar-refractivity contribution in [2.75, 3.05) is 26.9 Å². The summed E-state index contributed by atoms with van der Waals surface area (Å²) >= 11 is 0. The molecule has 14 nitrogen and oxygen atoms in total. The van der Waals surface area contributed by atoms with E-state index in [0.717, 1.165) is 0 Å². The number of aliphatic hydroxyl groups excluding tert-OH is 7. The molecule has 0 aromatic heterocycles. The number of aromatic hydroxyl groups is 1. The molecule has 2 aliphatic heterocycles. The molecule has 0 bridgehead atoms. The van der Waals surface area contributed by atoms with E-state index in [-0.39, 0.29) is 24.3 Å². The highest BCUT2D eigenvalue weighted by Crippen LogP contribution is 2.36. The molecule has 14 heteroatoms. The quantitative estimate of drug-likeness (QED) is 0.140. The zero-order chi connectivity index (χ0) is 26.6. The number of hydrogen-bond acceptors (Lipinski definition) is 14. The molecule has 0 unspecified atom stereocenters. The van der Waals surface area contributed by atoms with Gasteiger partial charge in [0.25, 0.3) is 0 Å². The van der Waals surface area contributed by atoms with Gasteiger partial charge in [0.2, 0.25) is 5.79 Å². The fraction of sp³-hybridized carbons (Fsp3) is 0.682. The average molecular weight is 520 g/mol. The summed E-state index contributed by atoms with van der Waals surface area (Å²) in [5.41, 5.74) is 0.690. The largest absolute Gasteiger partial charge is 0.504 e. The third-order valence-corrected chi connectivity index (χ3v) is 6.16. The van der Waals surface area contributed by atoms with Crippen LogP contribution in [0, 0.1) is 0 Å². The molecule has 8 N–H and O–H groups in total. The number of benzene rings is 1. The summed E-state index contributed by atoms with van der Waals surface area (Å²) in [6.45, 7) is -2.27. The van der Waals surface area contributed by atoms with E-state index in [0.29, 0.717) is 5.56 Å². The zero-order valence-corrected chi connectivity index (χ0v) is 19.4. The Bertz CT molecular complexity index is 882. The summed E-state index contributed by atoms with van der Waals surface area (Å²) < 4.78 is 26.2. The second kappa shape index (κ2) is 12.0. The molecule has 2 saturated heterocycles. The number of phenolic OH excluding ortho intramolecular Hbond substituents is 1. The first-order valence-electron chi connectivity index (χ1n) is 11.2. The molecule has 9 atom stereocenters. The number of carbonyl (C=O) groups excluding carboxylic acids is 1. The van der Waals surface area contributed by atoms with Gasteiger partial charge in [-0.1, -0.05) is 6.07 Å². The first-order chi connectivity index (χ1) is 17.1. The average Bonchev–Trinajstić information content (AvgIpc) is 3.12. The smallest absolute Gasteiger partial charge is 0.306 e. The number of phenols is 1. The van der Waals surface area contributed by atoms with Crippen LogP contribution in [0.1, 0.15) is 12.0 Å². The highest BCUT2D eigenvalue weighted by Gasteiger charge is 2.58. The summed E-state index contributed by atoms with van der Waals surface area (Å²) in [6, 6.07) is 4.59. The van der Waals surface area contributed by atoms with Gasteiger partial charge in [0.1, 0.15) is 55.9 Å². The van der Waals surface area contributed by atoms with Gasteiger partial charge in [-0.25, -0.2) is 0 Å². The van der Waals surface area contributed by atoms with Crippen molar-refractivity contribution in [3.05, 3.63) is 23.8 Å². The molecule has 0 saturated carbocycles. The molecule has 36 heavy (non-hydrogen) atoms. The van der Waals surface area contributed by atoms with Gasteiger partial charge in [0, 0.05) is 6.42 Å². The molecule has 2 fully saturated rings. The lowest BCUT2D eigenvalue weighted by atomic mass is 9.99. The minimum absolute atomic E-state index is 0.0512. The Balaban J connectivity index is 1.59. The van der Waals surface area contributed by atoms with Crippen LogP contribution in [0.3, 0.4) is 0 Å². The maximum atomic E-state index is 12.2. The van der Waals surface area contributed by atoms with Crippen LogP contribution in [0.15, 0.2) is 18.2 Å². The fourth-order valence-corrected chi connectivity index (χ4v) is 3.99. The molecule has 2 heterocycles. The number of aliphatic hydroxyl groups is 7. The van der Waals surface area contributed by atoms with Gasteiger partial charge >= 0.3 is 5.97 Å².